The summed E-state index contributed by atoms with van der Waals surface area (Å²) in [6, 6.07) is 0. The lowest BCUT2D eigenvalue weighted by molar-refractivity contribution is -0.196. The number of hydrogen-bond donors (Lipinski definition) is 6. The van der Waals surface area contributed by atoms with Crippen molar-refractivity contribution in [3.05, 3.63) is 11.6 Å². The van der Waals surface area contributed by atoms with Gasteiger partial charge in [0.15, 0.2) is 5.78 Å². The van der Waals surface area contributed by atoms with Crippen LogP contribution in [0.4, 0.5) is 0 Å². The topological polar surface area (TPSA) is 158 Å². The number of aliphatic hydroxyl groups is 4. The molecule has 3 aliphatic heterocycles. The van der Waals surface area contributed by atoms with E-state index in [4.69, 9.17) is 15.2 Å². The lowest BCUT2D eigenvalue weighted by Gasteiger charge is -2.63. The fraction of sp³-hybridized carbons (Fsp3) is 0.930. The van der Waals surface area contributed by atoms with Gasteiger partial charge in [0, 0.05) is 23.4 Å². The number of epoxide rings is 1. The van der Waals surface area contributed by atoms with Gasteiger partial charge in [-0.2, -0.15) is 0 Å². The Bertz CT molecular complexity index is 1400. The zero-order valence-corrected chi connectivity index (χ0v) is 32.6. The Morgan fingerprint density at radius 1 is 1.02 bits per heavy atom. The second kappa shape index (κ2) is 13.3. The van der Waals surface area contributed by atoms with E-state index in [1.807, 2.05) is 19.9 Å². The molecule has 0 radical (unpaired) electrons. The standard InChI is InChI=1S/C43H70N2O7/c1-26-14-20-51-42(24-26,37-36(52-37)40(4,49)38(2,25-46)15-9-27-13-19-45-35(44)21-27)34-12-18-43(50)31-23-33(48)32-22-29(47)10-17-41(32,28-7-5-6-8-28)30(31)11-16-39(34,43)3/h23,26-30,32,34-37,45-47,49-50H,5-22,24-25,44H2,1-4H3. The van der Waals surface area contributed by atoms with Crippen LogP contribution in [0.3, 0.4) is 0 Å². The Balaban J connectivity index is 1.10. The summed E-state index contributed by atoms with van der Waals surface area (Å²) in [6.45, 7) is 9.80. The molecule has 9 heteroatoms. The van der Waals surface area contributed by atoms with Gasteiger partial charge in [-0.25, -0.2) is 0 Å². The maximum Gasteiger partial charge on any atom is 0.159 e. The van der Waals surface area contributed by atoms with Gasteiger partial charge in [0.2, 0.25) is 0 Å². The van der Waals surface area contributed by atoms with Gasteiger partial charge in [-0.15, -0.1) is 0 Å². The van der Waals surface area contributed by atoms with Crippen LogP contribution in [0, 0.1) is 51.8 Å². The van der Waals surface area contributed by atoms with Crippen molar-refractivity contribution in [3.63, 3.8) is 0 Å². The largest absolute Gasteiger partial charge is 0.396 e. The highest BCUT2D eigenvalue weighted by Gasteiger charge is 2.75. The lowest BCUT2D eigenvalue weighted by Crippen LogP contribution is -2.64. The Morgan fingerprint density at radius 2 is 1.79 bits per heavy atom. The monoisotopic (exact) mass is 727 g/mol. The molecule has 3 heterocycles. The number of aliphatic hydroxyl groups excluding tert-OH is 2. The van der Waals surface area contributed by atoms with Crippen molar-refractivity contribution in [1.82, 2.24) is 5.32 Å². The minimum atomic E-state index is -1.29. The van der Waals surface area contributed by atoms with Crippen LogP contribution in [0.15, 0.2) is 11.6 Å². The number of carbonyl (C=O) groups excluding carboxylic acids is 1. The molecule has 0 aromatic heterocycles. The number of fused-ring (bicyclic) bond motifs is 5. The number of hydrogen-bond acceptors (Lipinski definition) is 9. The smallest absolute Gasteiger partial charge is 0.159 e. The molecule has 0 aromatic rings. The number of ether oxygens (including phenoxy) is 2. The molecule has 8 rings (SSSR count). The number of piperidine rings is 1. The first-order valence-corrected chi connectivity index (χ1v) is 21.4. The Hall–Kier alpha value is -0.910. The second-order valence-electron chi connectivity index (χ2n) is 20.3. The molecule has 52 heavy (non-hydrogen) atoms. The van der Waals surface area contributed by atoms with Crippen molar-refractivity contribution in [2.45, 2.75) is 178 Å². The molecule has 294 valence electrons. The van der Waals surface area contributed by atoms with E-state index in [1.165, 1.54) is 12.8 Å². The van der Waals surface area contributed by atoms with E-state index >= 15 is 0 Å². The quantitative estimate of drug-likeness (QED) is 0.177. The van der Waals surface area contributed by atoms with E-state index in [0.717, 1.165) is 89.2 Å². The number of ketones is 1. The lowest BCUT2D eigenvalue weighted by atomic mass is 9.42. The third-order valence-electron chi connectivity index (χ3n) is 17.8. The van der Waals surface area contributed by atoms with Gasteiger partial charge in [0.1, 0.15) is 17.8 Å². The van der Waals surface area contributed by atoms with Gasteiger partial charge in [0.05, 0.1) is 30.1 Å². The molecule has 9 nitrogen and oxygen atoms in total. The number of nitrogens with one attached hydrogen (secondary N) is 1. The summed E-state index contributed by atoms with van der Waals surface area (Å²) >= 11 is 0. The maximum atomic E-state index is 14.3. The average molecular weight is 727 g/mol. The normalized spacial score (nSPS) is 50.4. The van der Waals surface area contributed by atoms with E-state index in [-0.39, 0.29) is 47.8 Å². The van der Waals surface area contributed by atoms with Crippen molar-refractivity contribution in [2.24, 2.45) is 57.5 Å². The highest BCUT2D eigenvalue weighted by atomic mass is 16.6. The summed E-state index contributed by atoms with van der Waals surface area (Å²) in [5, 5.41) is 50.8. The Labute approximate surface area is 312 Å². The van der Waals surface area contributed by atoms with Gasteiger partial charge in [0.25, 0.3) is 0 Å². The zero-order chi connectivity index (χ0) is 36.9. The number of carbonyl (C=O) groups is 1. The fourth-order valence-electron chi connectivity index (χ4n) is 14.4. The van der Waals surface area contributed by atoms with Crippen LogP contribution in [-0.4, -0.2) is 87.2 Å². The second-order valence-corrected chi connectivity index (χ2v) is 20.3. The highest BCUT2D eigenvalue weighted by molar-refractivity contribution is 5.95. The highest BCUT2D eigenvalue weighted by Crippen LogP contribution is 2.72. The molecule has 5 aliphatic carbocycles. The summed E-state index contributed by atoms with van der Waals surface area (Å²) in [5.74, 6) is 1.46. The predicted molar refractivity (Wildman–Crippen MR) is 199 cm³/mol. The van der Waals surface area contributed by atoms with Crippen LogP contribution in [0.5, 0.6) is 0 Å². The predicted octanol–water partition coefficient (Wildman–Crippen LogP) is 5.16. The van der Waals surface area contributed by atoms with Crippen molar-refractivity contribution >= 4 is 5.78 Å². The molecule has 0 spiro atoms. The summed E-state index contributed by atoms with van der Waals surface area (Å²) in [5.41, 5.74) is 2.63. The molecular weight excluding hydrogens is 656 g/mol. The molecule has 3 saturated heterocycles. The summed E-state index contributed by atoms with van der Waals surface area (Å²) in [7, 11) is 0. The molecule has 7 N–H and O–H groups in total. The van der Waals surface area contributed by atoms with Gasteiger partial charge < -0.3 is 41.0 Å². The summed E-state index contributed by atoms with van der Waals surface area (Å²) in [4.78, 5) is 14.3. The average Bonchev–Trinajstić information content (AvgIpc) is 3.66. The van der Waals surface area contributed by atoms with Gasteiger partial charge in [-0.1, -0.05) is 33.6 Å². The first-order valence-electron chi connectivity index (χ1n) is 21.4. The molecule has 15 atom stereocenters. The van der Waals surface area contributed by atoms with Crippen molar-refractivity contribution in [2.75, 3.05) is 19.8 Å². The van der Waals surface area contributed by atoms with Gasteiger partial charge in [-0.3, -0.25) is 4.79 Å². The molecule has 8 aliphatic rings. The minimum absolute atomic E-state index is 0.00435. The van der Waals surface area contributed by atoms with Crippen LogP contribution >= 0.6 is 0 Å². The molecule has 0 bridgehead atoms. The third kappa shape index (κ3) is 5.54. The van der Waals surface area contributed by atoms with Crippen LogP contribution < -0.4 is 11.1 Å². The van der Waals surface area contributed by atoms with Crippen LogP contribution in [0.1, 0.15) is 137 Å². The SMILES string of the molecule is CC1CCOC(C2OC2C(C)(O)C(C)(CO)CCC2CCNC(N)C2)(C2CCC3(O)C4=CC(=O)C5CC(O)CCC5(C5CCCC5)C4CCC23C)C1. The minimum Gasteiger partial charge on any atom is -0.396 e. The van der Waals surface area contributed by atoms with E-state index in [9.17, 15) is 25.2 Å². The first kappa shape index (κ1) is 38.0. The number of allylic oxidation sites excluding steroid dienone is 1. The van der Waals surface area contributed by atoms with Crippen molar-refractivity contribution in [3.8, 4) is 0 Å². The number of rotatable bonds is 9. The fourth-order valence-corrected chi connectivity index (χ4v) is 14.4. The van der Waals surface area contributed by atoms with Crippen LogP contribution in [0.25, 0.3) is 0 Å². The third-order valence-corrected chi connectivity index (χ3v) is 17.8. The van der Waals surface area contributed by atoms with Crippen LogP contribution in [-0.2, 0) is 14.3 Å². The van der Waals surface area contributed by atoms with E-state index in [1.54, 1.807) is 0 Å². The Morgan fingerprint density at radius 3 is 2.50 bits per heavy atom. The Kier molecular flexibility index (Phi) is 9.75. The summed E-state index contributed by atoms with van der Waals surface area (Å²) in [6.07, 6.45) is 15.9. The van der Waals surface area contributed by atoms with E-state index < -0.39 is 39.8 Å². The molecule has 4 saturated carbocycles. The van der Waals surface area contributed by atoms with Crippen molar-refractivity contribution < 1.29 is 34.7 Å². The molecule has 0 aromatic carbocycles. The molecule has 7 fully saturated rings. The van der Waals surface area contributed by atoms with Crippen molar-refractivity contribution in [1.29, 1.82) is 0 Å². The van der Waals surface area contributed by atoms with E-state index in [2.05, 4.69) is 19.2 Å². The summed E-state index contributed by atoms with van der Waals surface area (Å²) < 4.78 is 13.8. The maximum absolute atomic E-state index is 14.3. The number of nitrogens with two attached hydrogens (primary N) is 1. The van der Waals surface area contributed by atoms with Gasteiger partial charge in [-0.05, 0) is 156 Å². The first-order chi connectivity index (χ1) is 24.6. The molecule has 15 unspecified atom stereocenters. The van der Waals surface area contributed by atoms with E-state index in [0.29, 0.717) is 43.6 Å². The zero-order valence-electron chi connectivity index (χ0n) is 32.6. The molecular formula is C43H70N2O7. The molecule has 0 amide bonds. The van der Waals surface area contributed by atoms with Crippen LogP contribution in [0.2, 0.25) is 0 Å². The van der Waals surface area contributed by atoms with Gasteiger partial charge >= 0.3 is 0 Å².